The van der Waals surface area contributed by atoms with E-state index in [9.17, 15) is 0 Å². The molecule has 0 aliphatic carbocycles. The van der Waals surface area contributed by atoms with Crippen LogP contribution in [0.4, 0.5) is 11.4 Å². The maximum absolute atomic E-state index is 6.05. The molecule has 4 N–H and O–H groups in total. The van der Waals surface area contributed by atoms with E-state index in [4.69, 9.17) is 11.5 Å². The number of anilines is 2. The number of hydrogen-bond donors (Lipinski definition) is 2. The van der Waals surface area contributed by atoms with Crippen molar-refractivity contribution in [2.75, 3.05) is 11.5 Å². The molecule has 1 aromatic heterocycles. The summed E-state index contributed by atoms with van der Waals surface area (Å²) in [4.78, 5) is 0. The first-order valence-corrected chi connectivity index (χ1v) is 5.42. The summed E-state index contributed by atoms with van der Waals surface area (Å²) in [6, 6.07) is 11.9. The highest BCUT2D eigenvalue weighted by Crippen LogP contribution is 2.34. The zero-order valence-electron chi connectivity index (χ0n) is 9.35. The molecule has 0 atom stereocenters. The van der Waals surface area contributed by atoms with Crippen LogP contribution in [0.3, 0.4) is 0 Å². The van der Waals surface area contributed by atoms with Crippen LogP contribution >= 0.6 is 0 Å². The second-order valence-corrected chi connectivity index (χ2v) is 4.08. The predicted molar refractivity (Wildman–Crippen MR) is 74.7 cm³/mol. The number of fused-ring (bicyclic) bond motifs is 3. The summed E-state index contributed by atoms with van der Waals surface area (Å²) in [5, 5.41) is 2.21. The van der Waals surface area contributed by atoms with Gasteiger partial charge in [0.2, 0.25) is 0 Å². The lowest BCUT2D eigenvalue weighted by Crippen LogP contribution is -1.94. The van der Waals surface area contributed by atoms with Crippen molar-refractivity contribution in [3.8, 4) is 0 Å². The number of nitrogens with two attached hydrogens (primary N) is 2. The standard InChI is InChI=1S/C14H13N3/c1-2-17-13-6-4-3-5-10(13)11-7-9(15)8-12(16)14(11)17/h2-8H,1,15-16H2. The van der Waals surface area contributed by atoms with Gasteiger partial charge in [0.15, 0.2) is 0 Å². The Hall–Kier alpha value is -2.42. The molecule has 1 heterocycles. The Morgan fingerprint density at radius 1 is 1.06 bits per heavy atom. The van der Waals surface area contributed by atoms with Gasteiger partial charge in [-0.1, -0.05) is 24.8 Å². The van der Waals surface area contributed by atoms with E-state index in [1.807, 2.05) is 28.8 Å². The fourth-order valence-corrected chi connectivity index (χ4v) is 2.38. The summed E-state index contributed by atoms with van der Waals surface area (Å²) >= 11 is 0. The maximum atomic E-state index is 6.05. The molecule has 0 spiro atoms. The minimum Gasteiger partial charge on any atom is -0.399 e. The lowest BCUT2D eigenvalue weighted by molar-refractivity contribution is 1.30. The molecule has 3 rings (SSSR count). The smallest absolute Gasteiger partial charge is 0.0767 e. The van der Waals surface area contributed by atoms with Crippen LogP contribution in [0.25, 0.3) is 28.0 Å². The molecule has 3 nitrogen and oxygen atoms in total. The molecule has 17 heavy (non-hydrogen) atoms. The van der Waals surface area contributed by atoms with E-state index in [0.717, 1.165) is 21.8 Å². The molecule has 2 aromatic carbocycles. The number of hydrogen-bond acceptors (Lipinski definition) is 2. The van der Waals surface area contributed by atoms with Crippen molar-refractivity contribution in [2.24, 2.45) is 0 Å². The van der Waals surface area contributed by atoms with Crippen molar-refractivity contribution in [1.29, 1.82) is 0 Å². The van der Waals surface area contributed by atoms with E-state index in [1.165, 1.54) is 0 Å². The summed E-state index contributed by atoms with van der Waals surface area (Å²) in [5.74, 6) is 0. The first-order chi connectivity index (χ1) is 8.22. The van der Waals surface area contributed by atoms with Crippen LogP contribution in [0.2, 0.25) is 0 Å². The van der Waals surface area contributed by atoms with Crippen molar-refractivity contribution in [3.05, 3.63) is 43.0 Å². The number of aromatic nitrogens is 1. The summed E-state index contributed by atoms with van der Waals surface area (Å²) in [6.07, 6.45) is 1.78. The number of nitrogen functional groups attached to an aromatic ring is 2. The molecule has 0 saturated carbocycles. The first-order valence-electron chi connectivity index (χ1n) is 5.42. The highest BCUT2D eigenvalue weighted by atomic mass is 15.0. The first kappa shape index (κ1) is 9.78. The molecule has 3 heteroatoms. The van der Waals surface area contributed by atoms with Crippen molar-refractivity contribution in [1.82, 2.24) is 4.57 Å². The van der Waals surface area contributed by atoms with Gasteiger partial charge < -0.3 is 16.0 Å². The largest absolute Gasteiger partial charge is 0.399 e. The number of nitrogens with zero attached hydrogens (tertiary/aromatic N) is 1. The van der Waals surface area contributed by atoms with Gasteiger partial charge in [-0.05, 0) is 18.2 Å². The Morgan fingerprint density at radius 2 is 1.82 bits per heavy atom. The Labute approximate surface area is 98.9 Å². The molecule has 0 aliphatic heterocycles. The summed E-state index contributed by atoms with van der Waals surface area (Å²) < 4.78 is 2.00. The normalized spacial score (nSPS) is 11.1. The highest BCUT2D eigenvalue weighted by molar-refractivity contribution is 6.13. The van der Waals surface area contributed by atoms with Crippen LogP contribution in [0.5, 0.6) is 0 Å². The molecule has 0 fully saturated rings. The van der Waals surface area contributed by atoms with E-state index in [-0.39, 0.29) is 0 Å². The van der Waals surface area contributed by atoms with Gasteiger partial charge in [0, 0.05) is 22.7 Å². The Morgan fingerprint density at radius 3 is 2.59 bits per heavy atom. The topological polar surface area (TPSA) is 57.0 Å². The fourth-order valence-electron chi connectivity index (χ4n) is 2.38. The molecule has 0 amide bonds. The Bertz CT molecular complexity index is 738. The lowest BCUT2D eigenvalue weighted by Gasteiger charge is -2.03. The second-order valence-electron chi connectivity index (χ2n) is 4.08. The number of benzene rings is 2. The van der Waals surface area contributed by atoms with Crippen molar-refractivity contribution >= 4 is 39.4 Å². The average molecular weight is 223 g/mol. The second kappa shape index (κ2) is 3.28. The lowest BCUT2D eigenvalue weighted by atomic mass is 10.1. The van der Waals surface area contributed by atoms with Crippen molar-refractivity contribution in [3.63, 3.8) is 0 Å². The maximum Gasteiger partial charge on any atom is 0.0767 e. The minimum absolute atomic E-state index is 0.677. The third-order valence-corrected chi connectivity index (χ3v) is 3.04. The molecule has 3 aromatic rings. The summed E-state index contributed by atoms with van der Waals surface area (Å²) in [7, 11) is 0. The van der Waals surface area contributed by atoms with Crippen LogP contribution in [0.15, 0.2) is 43.0 Å². The fraction of sp³-hybridized carbons (Fsp3) is 0. The van der Waals surface area contributed by atoms with E-state index in [0.29, 0.717) is 11.4 Å². The minimum atomic E-state index is 0.677. The predicted octanol–water partition coefficient (Wildman–Crippen LogP) is 3.06. The van der Waals surface area contributed by atoms with E-state index in [2.05, 4.69) is 12.6 Å². The Kier molecular flexibility index (Phi) is 1.89. The molecule has 0 unspecified atom stereocenters. The number of para-hydroxylation sites is 1. The molecular formula is C14H13N3. The van der Waals surface area contributed by atoms with Gasteiger partial charge in [-0.3, -0.25) is 0 Å². The molecule has 0 radical (unpaired) electrons. The van der Waals surface area contributed by atoms with Gasteiger partial charge in [0.25, 0.3) is 0 Å². The molecule has 0 aliphatic rings. The van der Waals surface area contributed by atoms with Crippen LogP contribution in [0.1, 0.15) is 0 Å². The average Bonchev–Trinajstić information content (AvgIpc) is 2.63. The zero-order chi connectivity index (χ0) is 12.0. The van der Waals surface area contributed by atoms with Gasteiger partial charge in [-0.15, -0.1) is 0 Å². The highest BCUT2D eigenvalue weighted by Gasteiger charge is 2.11. The SMILES string of the molecule is C=Cn1c2ccccc2c2cc(N)cc(N)c21. The summed E-state index contributed by atoms with van der Waals surface area (Å²) in [6.45, 7) is 3.84. The van der Waals surface area contributed by atoms with Gasteiger partial charge in [-0.25, -0.2) is 0 Å². The van der Waals surface area contributed by atoms with E-state index < -0.39 is 0 Å². The molecule has 0 bridgehead atoms. The van der Waals surface area contributed by atoms with Crippen molar-refractivity contribution in [2.45, 2.75) is 0 Å². The van der Waals surface area contributed by atoms with Crippen LogP contribution in [-0.4, -0.2) is 4.57 Å². The van der Waals surface area contributed by atoms with Gasteiger partial charge in [-0.2, -0.15) is 0 Å². The van der Waals surface area contributed by atoms with E-state index in [1.54, 1.807) is 12.3 Å². The van der Waals surface area contributed by atoms with Crippen LogP contribution in [-0.2, 0) is 0 Å². The van der Waals surface area contributed by atoms with E-state index >= 15 is 0 Å². The monoisotopic (exact) mass is 223 g/mol. The van der Waals surface area contributed by atoms with Gasteiger partial charge in [0.1, 0.15) is 0 Å². The molecule has 84 valence electrons. The van der Waals surface area contributed by atoms with Crippen LogP contribution < -0.4 is 11.5 Å². The third-order valence-electron chi connectivity index (χ3n) is 3.04. The van der Waals surface area contributed by atoms with Gasteiger partial charge in [0.05, 0.1) is 16.7 Å². The van der Waals surface area contributed by atoms with Gasteiger partial charge >= 0.3 is 0 Å². The Balaban J connectivity index is 2.68. The molecule has 0 saturated heterocycles. The zero-order valence-corrected chi connectivity index (χ0v) is 9.35. The summed E-state index contributed by atoms with van der Waals surface area (Å²) in [5.41, 5.74) is 15.3. The van der Waals surface area contributed by atoms with Crippen LogP contribution in [0, 0.1) is 0 Å². The van der Waals surface area contributed by atoms with Crippen molar-refractivity contribution < 1.29 is 0 Å². The quantitative estimate of drug-likeness (QED) is 0.623. The molecular weight excluding hydrogens is 210 g/mol. The number of rotatable bonds is 1. The third kappa shape index (κ3) is 1.22.